The van der Waals surface area contributed by atoms with E-state index in [0.29, 0.717) is 43.7 Å². The zero-order valence-electron chi connectivity index (χ0n) is 16.4. The van der Waals surface area contributed by atoms with Crippen LogP contribution in [0.2, 0.25) is 0 Å². The summed E-state index contributed by atoms with van der Waals surface area (Å²) in [5.41, 5.74) is 4.19. The fourth-order valence-corrected chi connectivity index (χ4v) is 3.59. The average Bonchev–Trinajstić information content (AvgIpc) is 2.71. The van der Waals surface area contributed by atoms with Crippen molar-refractivity contribution in [1.29, 1.82) is 0 Å². The van der Waals surface area contributed by atoms with E-state index in [9.17, 15) is 4.79 Å². The number of hydrogen-bond acceptors (Lipinski definition) is 6. The monoisotopic (exact) mass is 510 g/mol. The third-order valence-corrected chi connectivity index (χ3v) is 4.80. The number of benzene rings is 2. The zero-order chi connectivity index (χ0) is 20.6. The Labute approximate surface area is 183 Å². The summed E-state index contributed by atoms with van der Waals surface area (Å²) in [5.74, 6) is 2.52. The highest BCUT2D eigenvalue weighted by atomic mass is 127. The number of carbonyl (C=O) groups excluding carboxylic acids is 1. The summed E-state index contributed by atoms with van der Waals surface area (Å²) in [6, 6.07) is 9.25. The van der Waals surface area contributed by atoms with E-state index >= 15 is 0 Å². The summed E-state index contributed by atoms with van der Waals surface area (Å²) < 4.78 is 23.3. The van der Waals surface area contributed by atoms with E-state index in [1.165, 1.54) is 0 Å². The summed E-state index contributed by atoms with van der Waals surface area (Å²) in [5, 5.41) is 4.06. The van der Waals surface area contributed by atoms with E-state index in [4.69, 9.17) is 18.9 Å². The minimum atomic E-state index is -0.219. The molecule has 2 aromatic rings. The highest BCUT2D eigenvalue weighted by molar-refractivity contribution is 14.1. The average molecular weight is 510 g/mol. The highest BCUT2D eigenvalue weighted by Gasteiger charge is 2.13. The van der Waals surface area contributed by atoms with Gasteiger partial charge < -0.3 is 18.9 Å². The fourth-order valence-electron chi connectivity index (χ4n) is 2.81. The predicted octanol–water partition coefficient (Wildman–Crippen LogP) is 3.55. The fraction of sp³-hybridized carbons (Fsp3) is 0.333. The van der Waals surface area contributed by atoms with Gasteiger partial charge in [-0.25, -0.2) is 5.43 Å². The zero-order valence-corrected chi connectivity index (χ0v) is 18.5. The molecule has 1 N–H and O–H groups in total. The Morgan fingerprint density at radius 3 is 2.66 bits per heavy atom. The van der Waals surface area contributed by atoms with E-state index in [1.807, 2.05) is 44.2 Å². The van der Waals surface area contributed by atoms with Gasteiger partial charge >= 0.3 is 0 Å². The molecule has 0 aromatic heterocycles. The molecule has 0 atom stereocenters. The molecule has 0 bridgehead atoms. The van der Waals surface area contributed by atoms with Crippen LogP contribution in [-0.4, -0.2) is 38.5 Å². The summed E-state index contributed by atoms with van der Waals surface area (Å²) in [7, 11) is 0. The Kier molecular flexibility index (Phi) is 7.56. The van der Waals surface area contributed by atoms with Crippen LogP contribution in [0.5, 0.6) is 23.0 Å². The molecule has 0 spiro atoms. The number of halogens is 1. The first-order chi connectivity index (χ1) is 14.1. The van der Waals surface area contributed by atoms with Gasteiger partial charge in [-0.1, -0.05) is 6.07 Å². The summed E-state index contributed by atoms with van der Waals surface area (Å²) in [6.45, 7) is 5.98. The molecule has 3 rings (SSSR count). The van der Waals surface area contributed by atoms with Gasteiger partial charge in [-0.15, -0.1) is 0 Å². The van der Waals surface area contributed by atoms with Gasteiger partial charge in [-0.2, -0.15) is 5.10 Å². The third-order valence-electron chi connectivity index (χ3n) is 3.99. The van der Waals surface area contributed by atoms with E-state index in [0.717, 1.165) is 20.4 Å². The van der Waals surface area contributed by atoms with Crippen molar-refractivity contribution in [2.45, 2.75) is 20.3 Å². The summed E-state index contributed by atoms with van der Waals surface area (Å²) >= 11 is 2.20. The van der Waals surface area contributed by atoms with Crippen LogP contribution in [0.15, 0.2) is 35.4 Å². The van der Waals surface area contributed by atoms with Gasteiger partial charge in [0.25, 0.3) is 0 Å². The number of hydrazone groups is 1. The SMILES string of the molecule is CCOc1cc(/C=N/NC(=O)Cc2ccc3c(c2)OCCO3)cc(I)c1OCC. The number of fused-ring (bicyclic) bond motifs is 1. The van der Waals surface area contributed by atoms with Crippen molar-refractivity contribution in [2.24, 2.45) is 5.10 Å². The third kappa shape index (κ3) is 5.75. The van der Waals surface area contributed by atoms with Crippen molar-refractivity contribution in [3.63, 3.8) is 0 Å². The molecule has 29 heavy (non-hydrogen) atoms. The van der Waals surface area contributed by atoms with E-state index in [2.05, 4.69) is 33.1 Å². The van der Waals surface area contributed by atoms with Crippen LogP contribution in [0.3, 0.4) is 0 Å². The summed E-state index contributed by atoms with van der Waals surface area (Å²) in [6.07, 6.45) is 1.78. The molecule has 154 valence electrons. The highest BCUT2D eigenvalue weighted by Crippen LogP contribution is 2.34. The number of rotatable bonds is 8. The first-order valence-electron chi connectivity index (χ1n) is 9.40. The topological polar surface area (TPSA) is 78.4 Å². The van der Waals surface area contributed by atoms with Crippen molar-refractivity contribution in [3.8, 4) is 23.0 Å². The standard InChI is InChI=1S/C21H23IN2O5/c1-3-26-19-11-15(9-16(22)21(19)27-4-2)13-23-24-20(25)12-14-5-6-17-18(10-14)29-8-7-28-17/h5-6,9-11,13H,3-4,7-8,12H2,1-2H3,(H,24,25)/b23-13+. The van der Waals surface area contributed by atoms with Crippen LogP contribution in [0.1, 0.15) is 25.0 Å². The molecule has 7 nitrogen and oxygen atoms in total. The molecule has 8 heteroatoms. The molecule has 0 radical (unpaired) electrons. The van der Waals surface area contributed by atoms with Crippen molar-refractivity contribution in [2.75, 3.05) is 26.4 Å². The minimum Gasteiger partial charge on any atom is -0.490 e. The summed E-state index contributed by atoms with van der Waals surface area (Å²) in [4.78, 5) is 12.2. The quantitative estimate of drug-likeness (QED) is 0.334. The maximum atomic E-state index is 12.2. The Hall–Kier alpha value is -2.49. The minimum absolute atomic E-state index is 0.193. The molecule has 1 aliphatic heterocycles. The second-order valence-corrected chi connectivity index (χ2v) is 7.31. The lowest BCUT2D eigenvalue weighted by Crippen LogP contribution is -2.20. The van der Waals surface area contributed by atoms with Gasteiger partial charge in [0, 0.05) is 0 Å². The molecule has 2 aromatic carbocycles. The molecule has 0 unspecified atom stereocenters. The molecule has 0 saturated carbocycles. The van der Waals surface area contributed by atoms with Gasteiger partial charge in [0.15, 0.2) is 23.0 Å². The molecule has 1 heterocycles. The van der Waals surface area contributed by atoms with Crippen molar-refractivity contribution >= 4 is 34.7 Å². The molecular formula is C21H23IN2O5. The van der Waals surface area contributed by atoms with Crippen LogP contribution < -0.4 is 24.4 Å². The lowest BCUT2D eigenvalue weighted by molar-refractivity contribution is -0.120. The van der Waals surface area contributed by atoms with E-state index < -0.39 is 0 Å². The Morgan fingerprint density at radius 2 is 1.90 bits per heavy atom. The largest absolute Gasteiger partial charge is 0.490 e. The normalized spacial score (nSPS) is 12.7. The van der Waals surface area contributed by atoms with Gasteiger partial charge in [0.05, 0.1) is 29.4 Å². The number of amides is 1. The number of ether oxygens (including phenoxy) is 4. The van der Waals surface area contributed by atoms with Crippen LogP contribution >= 0.6 is 22.6 Å². The Balaban J connectivity index is 1.62. The Morgan fingerprint density at radius 1 is 1.14 bits per heavy atom. The van der Waals surface area contributed by atoms with Crippen LogP contribution in [-0.2, 0) is 11.2 Å². The maximum Gasteiger partial charge on any atom is 0.244 e. The van der Waals surface area contributed by atoms with Gasteiger partial charge in [-0.05, 0) is 71.8 Å². The van der Waals surface area contributed by atoms with E-state index in [1.54, 1.807) is 6.21 Å². The van der Waals surface area contributed by atoms with Crippen LogP contribution in [0.4, 0.5) is 0 Å². The van der Waals surface area contributed by atoms with E-state index in [-0.39, 0.29) is 12.3 Å². The van der Waals surface area contributed by atoms with Gasteiger partial charge in [0.1, 0.15) is 13.2 Å². The second kappa shape index (κ2) is 10.3. The molecule has 1 aliphatic rings. The molecule has 0 fully saturated rings. The molecule has 0 aliphatic carbocycles. The lowest BCUT2D eigenvalue weighted by Gasteiger charge is -2.18. The molecule has 0 saturated heterocycles. The van der Waals surface area contributed by atoms with Crippen LogP contribution in [0.25, 0.3) is 0 Å². The van der Waals surface area contributed by atoms with Crippen molar-refractivity contribution in [3.05, 3.63) is 45.0 Å². The first kappa shape index (κ1) is 21.2. The molecular weight excluding hydrogens is 487 g/mol. The number of nitrogens with zero attached hydrogens (tertiary/aromatic N) is 1. The second-order valence-electron chi connectivity index (χ2n) is 6.14. The lowest BCUT2D eigenvalue weighted by atomic mass is 10.1. The van der Waals surface area contributed by atoms with Crippen LogP contribution in [0, 0.1) is 3.57 Å². The molecule has 1 amide bonds. The van der Waals surface area contributed by atoms with Crippen molar-refractivity contribution in [1.82, 2.24) is 5.43 Å². The van der Waals surface area contributed by atoms with Crippen molar-refractivity contribution < 1.29 is 23.7 Å². The number of carbonyl (C=O) groups is 1. The van der Waals surface area contributed by atoms with Gasteiger partial charge in [-0.3, -0.25) is 4.79 Å². The predicted molar refractivity (Wildman–Crippen MR) is 118 cm³/mol. The first-order valence-corrected chi connectivity index (χ1v) is 10.5. The van der Waals surface area contributed by atoms with Gasteiger partial charge in [0.2, 0.25) is 5.91 Å². The number of nitrogens with one attached hydrogen (secondary N) is 1. The number of hydrogen-bond donors (Lipinski definition) is 1. The Bertz CT molecular complexity index is 901. The maximum absolute atomic E-state index is 12.2. The smallest absolute Gasteiger partial charge is 0.244 e.